The highest BCUT2D eigenvalue weighted by Crippen LogP contribution is 2.30. The fourth-order valence-corrected chi connectivity index (χ4v) is 2.59. The van der Waals surface area contributed by atoms with Crippen molar-refractivity contribution in [2.45, 2.75) is 32.4 Å². The Bertz CT molecular complexity index is 815. The topological polar surface area (TPSA) is 58.5 Å². The number of pyridine rings is 1. The summed E-state index contributed by atoms with van der Waals surface area (Å²) < 4.78 is 33.4. The van der Waals surface area contributed by atoms with Crippen LogP contribution in [0.3, 0.4) is 0 Å². The van der Waals surface area contributed by atoms with Crippen LogP contribution in [0.4, 0.5) is 8.78 Å². The average Bonchev–Trinajstić information content (AvgIpc) is 3.49. The summed E-state index contributed by atoms with van der Waals surface area (Å²) in [5.41, 5.74) is 1.06. The van der Waals surface area contributed by atoms with E-state index >= 15 is 0 Å². The third-order valence-corrected chi connectivity index (χ3v) is 4.46. The van der Waals surface area contributed by atoms with Crippen LogP contribution in [0.2, 0.25) is 0 Å². The molecule has 1 aromatic heterocycles. The van der Waals surface area contributed by atoms with Gasteiger partial charge in [0.25, 0.3) is 0 Å². The van der Waals surface area contributed by atoms with E-state index < -0.39 is 0 Å². The molecule has 2 N–H and O–H groups in total. The Kier molecular flexibility index (Phi) is 8.40. The zero-order valence-corrected chi connectivity index (χ0v) is 18.2. The highest BCUT2D eigenvalue weighted by Gasteiger charge is 2.22. The van der Waals surface area contributed by atoms with Crippen molar-refractivity contribution >= 4 is 29.9 Å². The number of nitrogens with zero attached hydrogens (tertiary/aromatic N) is 2. The molecule has 0 saturated heterocycles. The summed E-state index contributed by atoms with van der Waals surface area (Å²) in [7, 11) is 1.62. The molecule has 28 heavy (non-hydrogen) atoms. The van der Waals surface area contributed by atoms with E-state index in [2.05, 4.69) is 20.6 Å². The molecule has 0 amide bonds. The Morgan fingerprint density at radius 3 is 2.71 bits per heavy atom. The number of ether oxygens (including phenoxy) is 1. The quantitative estimate of drug-likeness (QED) is 0.339. The lowest BCUT2D eigenvalue weighted by Crippen LogP contribution is -2.38. The molecule has 5 nitrogen and oxygen atoms in total. The third-order valence-electron chi connectivity index (χ3n) is 4.46. The minimum absolute atomic E-state index is 0. The predicted octanol–water partition coefficient (Wildman–Crippen LogP) is 4.19. The molecule has 1 aliphatic carbocycles. The van der Waals surface area contributed by atoms with Gasteiger partial charge in [-0.15, -0.1) is 24.0 Å². The first-order valence-electron chi connectivity index (χ1n) is 9.05. The van der Waals surface area contributed by atoms with Crippen molar-refractivity contribution in [2.75, 3.05) is 13.7 Å². The monoisotopic (exact) mass is 502 g/mol. The van der Waals surface area contributed by atoms with Gasteiger partial charge in [0.15, 0.2) is 17.5 Å². The normalized spacial score (nSPS) is 14.8. The van der Waals surface area contributed by atoms with E-state index in [-0.39, 0.29) is 53.9 Å². The molecule has 152 valence electrons. The Hall–Kier alpha value is -1.97. The van der Waals surface area contributed by atoms with Gasteiger partial charge in [-0.1, -0.05) is 6.07 Å². The van der Waals surface area contributed by atoms with Crippen molar-refractivity contribution in [3.8, 4) is 5.75 Å². The molecule has 1 fully saturated rings. The number of guanidine groups is 1. The highest BCUT2D eigenvalue weighted by molar-refractivity contribution is 14.0. The van der Waals surface area contributed by atoms with Crippen molar-refractivity contribution in [1.82, 2.24) is 15.6 Å². The molecule has 0 radical (unpaired) electrons. The zero-order valence-electron chi connectivity index (χ0n) is 15.9. The summed E-state index contributed by atoms with van der Waals surface area (Å²) in [5, 5.41) is 6.17. The number of hydrogen-bond donors (Lipinski definition) is 2. The first-order chi connectivity index (χ1) is 13.1. The number of rotatable bonds is 7. The van der Waals surface area contributed by atoms with Crippen molar-refractivity contribution in [3.63, 3.8) is 0 Å². The van der Waals surface area contributed by atoms with Crippen LogP contribution in [0, 0.1) is 17.6 Å². The molecule has 1 unspecified atom stereocenters. The molecule has 1 heterocycles. The van der Waals surface area contributed by atoms with E-state index in [0.29, 0.717) is 24.2 Å². The number of aromatic nitrogens is 1. The lowest BCUT2D eigenvalue weighted by Gasteiger charge is -2.19. The molecular formula is C20H25F2IN4O. The Morgan fingerprint density at radius 2 is 2.07 bits per heavy atom. The molecule has 3 rings (SSSR count). The molecule has 0 spiro atoms. The SMILES string of the molecule is CN=C(NCc1ncccc1F)NC(C)c1ccc(OCC2CC2)c(F)c1.I. The molecular weight excluding hydrogens is 477 g/mol. The van der Waals surface area contributed by atoms with E-state index in [0.717, 1.165) is 18.4 Å². The minimum Gasteiger partial charge on any atom is -0.490 e. The van der Waals surface area contributed by atoms with Crippen molar-refractivity contribution in [1.29, 1.82) is 0 Å². The van der Waals surface area contributed by atoms with Crippen LogP contribution in [-0.2, 0) is 6.54 Å². The summed E-state index contributed by atoms with van der Waals surface area (Å²) in [6.07, 6.45) is 3.86. The highest BCUT2D eigenvalue weighted by atomic mass is 127. The molecule has 1 aromatic carbocycles. The van der Waals surface area contributed by atoms with E-state index in [1.54, 1.807) is 19.2 Å². The Labute approximate surface area is 181 Å². The summed E-state index contributed by atoms with van der Waals surface area (Å²) in [6, 6.07) is 7.65. The van der Waals surface area contributed by atoms with Crippen molar-refractivity contribution in [2.24, 2.45) is 10.9 Å². The molecule has 0 bridgehead atoms. The van der Waals surface area contributed by atoms with Crippen LogP contribution in [0.5, 0.6) is 5.75 Å². The van der Waals surface area contributed by atoms with Crippen molar-refractivity contribution < 1.29 is 13.5 Å². The van der Waals surface area contributed by atoms with E-state index in [1.165, 1.54) is 18.3 Å². The van der Waals surface area contributed by atoms with E-state index in [4.69, 9.17) is 4.74 Å². The smallest absolute Gasteiger partial charge is 0.191 e. The zero-order chi connectivity index (χ0) is 19.2. The molecule has 1 saturated carbocycles. The van der Waals surface area contributed by atoms with Gasteiger partial charge in [0.2, 0.25) is 0 Å². The molecule has 8 heteroatoms. The first-order valence-corrected chi connectivity index (χ1v) is 9.05. The van der Waals surface area contributed by atoms with Gasteiger partial charge in [0.05, 0.1) is 24.9 Å². The number of benzene rings is 1. The van der Waals surface area contributed by atoms with Gasteiger partial charge in [-0.3, -0.25) is 9.98 Å². The van der Waals surface area contributed by atoms with Crippen LogP contribution in [0.1, 0.15) is 37.1 Å². The Morgan fingerprint density at radius 1 is 1.29 bits per heavy atom. The van der Waals surface area contributed by atoms with E-state index in [9.17, 15) is 8.78 Å². The van der Waals surface area contributed by atoms with Crippen LogP contribution in [0.15, 0.2) is 41.5 Å². The fourth-order valence-electron chi connectivity index (χ4n) is 2.59. The predicted molar refractivity (Wildman–Crippen MR) is 116 cm³/mol. The minimum atomic E-state index is -0.377. The van der Waals surface area contributed by atoms with Crippen LogP contribution in [-0.4, -0.2) is 24.6 Å². The maximum Gasteiger partial charge on any atom is 0.191 e. The lowest BCUT2D eigenvalue weighted by atomic mass is 10.1. The van der Waals surface area contributed by atoms with Gasteiger partial charge in [-0.25, -0.2) is 8.78 Å². The van der Waals surface area contributed by atoms with Gasteiger partial charge in [-0.2, -0.15) is 0 Å². The first kappa shape index (κ1) is 22.3. The second kappa shape index (κ2) is 10.5. The summed E-state index contributed by atoms with van der Waals surface area (Å²) >= 11 is 0. The fraction of sp³-hybridized carbons (Fsp3) is 0.400. The number of halogens is 3. The summed E-state index contributed by atoms with van der Waals surface area (Å²) in [5.74, 6) is 0.577. The summed E-state index contributed by atoms with van der Waals surface area (Å²) in [4.78, 5) is 8.11. The summed E-state index contributed by atoms with van der Waals surface area (Å²) in [6.45, 7) is 2.67. The number of aliphatic imine (C=N–C) groups is 1. The van der Waals surface area contributed by atoms with Gasteiger partial charge in [-0.05, 0) is 55.5 Å². The average molecular weight is 502 g/mol. The molecule has 1 atom stereocenters. The van der Waals surface area contributed by atoms with Crippen molar-refractivity contribution in [3.05, 3.63) is 59.4 Å². The molecule has 2 aromatic rings. The second-order valence-electron chi connectivity index (χ2n) is 6.67. The second-order valence-corrected chi connectivity index (χ2v) is 6.67. The van der Waals surface area contributed by atoms with Crippen LogP contribution in [0.25, 0.3) is 0 Å². The van der Waals surface area contributed by atoms with E-state index in [1.807, 2.05) is 13.0 Å². The Balaban J connectivity index is 0.00000280. The number of nitrogens with one attached hydrogen (secondary N) is 2. The maximum absolute atomic E-state index is 14.3. The van der Waals surface area contributed by atoms with Gasteiger partial charge >= 0.3 is 0 Å². The lowest BCUT2D eigenvalue weighted by molar-refractivity contribution is 0.285. The molecule has 1 aliphatic rings. The van der Waals surface area contributed by atoms with Crippen LogP contribution >= 0.6 is 24.0 Å². The molecule has 0 aliphatic heterocycles. The van der Waals surface area contributed by atoms with Crippen LogP contribution < -0.4 is 15.4 Å². The number of hydrogen-bond acceptors (Lipinski definition) is 3. The largest absolute Gasteiger partial charge is 0.490 e. The maximum atomic E-state index is 14.3. The third kappa shape index (κ3) is 6.29. The van der Waals surface area contributed by atoms with Gasteiger partial charge in [0, 0.05) is 13.2 Å². The standard InChI is InChI=1S/C20H24F2N4O.HI/c1-13(15-7-8-19(17(22)10-15)27-12-14-5-6-14)26-20(23-2)25-11-18-16(21)4-3-9-24-18;/h3-4,7-10,13-14H,5-6,11-12H2,1-2H3,(H2,23,25,26);1H. The van der Waals surface area contributed by atoms with Gasteiger partial charge < -0.3 is 15.4 Å². The van der Waals surface area contributed by atoms with Gasteiger partial charge in [0.1, 0.15) is 5.82 Å².